The number of anilines is 1. The Labute approximate surface area is 230 Å². The molecule has 0 bridgehead atoms. The van der Waals surface area contributed by atoms with Crippen LogP contribution in [-0.2, 0) is 4.79 Å². The van der Waals surface area contributed by atoms with Gasteiger partial charge in [-0.1, -0.05) is 48.0 Å². The first kappa shape index (κ1) is 26.4. The van der Waals surface area contributed by atoms with Crippen LogP contribution in [0.15, 0.2) is 97.1 Å². The Kier molecular flexibility index (Phi) is 7.41. The molecule has 1 aromatic heterocycles. The smallest absolute Gasteiger partial charge is 0.309 e. The number of para-hydroxylation sites is 1. The number of aryl methyl sites for hydroxylation is 1. The average molecular weight is 536 g/mol. The van der Waals surface area contributed by atoms with Crippen molar-refractivity contribution in [2.45, 2.75) is 13.8 Å². The highest BCUT2D eigenvalue weighted by atomic mass is 19.1. The van der Waals surface area contributed by atoms with Gasteiger partial charge in [-0.05, 0) is 67.1 Å². The molecule has 1 amide bonds. The number of methoxy groups -OCH3 is 1. The Balaban J connectivity index is 1.63. The van der Waals surface area contributed by atoms with Crippen molar-refractivity contribution in [3.63, 3.8) is 0 Å². The van der Waals surface area contributed by atoms with Gasteiger partial charge in [0.1, 0.15) is 17.3 Å². The quantitative estimate of drug-likeness (QED) is 0.231. The molecule has 0 aliphatic heterocycles. The molecule has 0 unspecified atom stereocenters. The van der Waals surface area contributed by atoms with Crippen LogP contribution >= 0.6 is 0 Å². The summed E-state index contributed by atoms with van der Waals surface area (Å²) in [5.74, 6) is -0.579. The molecule has 0 saturated heterocycles. The van der Waals surface area contributed by atoms with E-state index in [1.807, 2.05) is 37.3 Å². The molecule has 0 aliphatic carbocycles. The summed E-state index contributed by atoms with van der Waals surface area (Å²) in [5, 5.41) is 7.67. The molecule has 7 nitrogen and oxygen atoms in total. The zero-order valence-corrected chi connectivity index (χ0v) is 22.1. The molecule has 0 fully saturated rings. The topological polar surface area (TPSA) is 82.4 Å². The summed E-state index contributed by atoms with van der Waals surface area (Å²) in [4.78, 5) is 25.0. The molecule has 1 N–H and O–H groups in total. The van der Waals surface area contributed by atoms with Crippen molar-refractivity contribution in [2.24, 2.45) is 0 Å². The van der Waals surface area contributed by atoms with E-state index in [0.717, 1.165) is 5.56 Å². The number of hydrogen-bond donors (Lipinski definition) is 1. The number of ether oxygens (including phenoxy) is 2. The summed E-state index contributed by atoms with van der Waals surface area (Å²) in [5.41, 5.74) is 4.85. The third-order valence-electron chi connectivity index (χ3n) is 6.24. The maximum atomic E-state index is 14.2. The van der Waals surface area contributed by atoms with E-state index in [2.05, 4.69) is 5.32 Å². The van der Waals surface area contributed by atoms with E-state index in [-0.39, 0.29) is 11.8 Å². The lowest BCUT2D eigenvalue weighted by Crippen LogP contribution is -2.11. The van der Waals surface area contributed by atoms with Gasteiger partial charge in [-0.2, -0.15) is 9.78 Å². The second-order valence-corrected chi connectivity index (χ2v) is 9.11. The van der Waals surface area contributed by atoms with Gasteiger partial charge in [0.25, 0.3) is 5.91 Å². The number of carbonyl (C=O) groups is 2. The molecule has 5 aromatic rings. The first-order chi connectivity index (χ1) is 19.3. The fourth-order valence-corrected chi connectivity index (χ4v) is 4.33. The van der Waals surface area contributed by atoms with Crippen molar-refractivity contribution >= 4 is 17.6 Å². The van der Waals surface area contributed by atoms with Gasteiger partial charge in [0.15, 0.2) is 0 Å². The number of benzene rings is 4. The zero-order valence-electron chi connectivity index (χ0n) is 22.1. The van der Waals surface area contributed by atoms with Crippen LogP contribution in [0.5, 0.6) is 11.6 Å². The van der Waals surface area contributed by atoms with Gasteiger partial charge in [-0.25, -0.2) is 4.39 Å². The van der Waals surface area contributed by atoms with E-state index in [1.165, 1.54) is 23.7 Å². The molecule has 40 heavy (non-hydrogen) atoms. The lowest BCUT2D eigenvalue weighted by atomic mass is 10.00. The Bertz CT molecular complexity index is 1690. The van der Waals surface area contributed by atoms with Crippen molar-refractivity contribution in [3.05, 3.63) is 114 Å². The highest BCUT2D eigenvalue weighted by molar-refractivity contribution is 6.04. The zero-order chi connectivity index (χ0) is 28.2. The van der Waals surface area contributed by atoms with E-state index in [0.29, 0.717) is 45.1 Å². The molecule has 0 aliphatic rings. The first-order valence-corrected chi connectivity index (χ1v) is 12.5. The molecule has 5 rings (SSSR count). The Morgan fingerprint density at radius 2 is 1.62 bits per heavy atom. The van der Waals surface area contributed by atoms with Gasteiger partial charge < -0.3 is 14.8 Å². The van der Waals surface area contributed by atoms with Crippen molar-refractivity contribution in [2.75, 3.05) is 12.4 Å². The van der Waals surface area contributed by atoms with Crippen LogP contribution in [0.4, 0.5) is 10.1 Å². The van der Waals surface area contributed by atoms with Crippen LogP contribution in [0.3, 0.4) is 0 Å². The molecule has 4 aromatic carbocycles. The predicted molar refractivity (Wildman–Crippen MR) is 151 cm³/mol. The predicted octanol–water partition coefficient (Wildman–Crippen LogP) is 6.84. The summed E-state index contributed by atoms with van der Waals surface area (Å²) in [6, 6.07) is 27.6. The number of rotatable bonds is 7. The Morgan fingerprint density at radius 3 is 2.30 bits per heavy atom. The van der Waals surface area contributed by atoms with Gasteiger partial charge in [0.05, 0.1) is 18.4 Å². The minimum atomic E-state index is -0.563. The number of halogens is 1. The summed E-state index contributed by atoms with van der Waals surface area (Å²) in [6.45, 7) is 3.25. The minimum Gasteiger partial charge on any atom is -0.496 e. The molecule has 0 radical (unpaired) electrons. The first-order valence-electron chi connectivity index (χ1n) is 12.5. The van der Waals surface area contributed by atoms with Gasteiger partial charge in [-0.3, -0.25) is 9.59 Å². The number of nitrogens with zero attached hydrogens (tertiary/aromatic N) is 2. The van der Waals surface area contributed by atoms with Crippen LogP contribution in [0.25, 0.3) is 28.1 Å². The third-order valence-corrected chi connectivity index (χ3v) is 6.24. The Morgan fingerprint density at radius 1 is 0.900 bits per heavy atom. The number of aromatic nitrogens is 2. The molecule has 0 spiro atoms. The van der Waals surface area contributed by atoms with E-state index in [4.69, 9.17) is 14.6 Å². The standard InChI is InChI=1S/C32H26FN3O4/c1-20-11-13-23(14-12-20)31(38)34-25-17-15-22(16-18-25)29-30(27-9-4-5-10-28(27)39-3)35-36(32(29)40-21(2)37)26-8-6-7-24(33)19-26/h4-19H,1-3H3,(H,34,38). The van der Waals surface area contributed by atoms with E-state index in [9.17, 15) is 14.0 Å². The van der Waals surface area contributed by atoms with Crippen LogP contribution in [0.2, 0.25) is 0 Å². The number of esters is 1. The van der Waals surface area contributed by atoms with Crippen molar-refractivity contribution in [1.29, 1.82) is 0 Å². The molecule has 1 heterocycles. The lowest BCUT2D eigenvalue weighted by molar-refractivity contribution is -0.132. The fourth-order valence-electron chi connectivity index (χ4n) is 4.33. The largest absolute Gasteiger partial charge is 0.496 e. The van der Waals surface area contributed by atoms with Gasteiger partial charge in [0.2, 0.25) is 5.88 Å². The van der Waals surface area contributed by atoms with Crippen LogP contribution in [0.1, 0.15) is 22.8 Å². The van der Waals surface area contributed by atoms with Gasteiger partial charge in [0, 0.05) is 23.7 Å². The van der Waals surface area contributed by atoms with Crippen LogP contribution in [0, 0.1) is 12.7 Å². The fraction of sp³-hybridized carbons (Fsp3) is 0.0938. The van der Waals surface area contributed by atoms with E-state index in [1.54, 1.807) is 61.7 Å². The summed E-state index contributed by atoms with van der Waals surface area (Å²) < 4.78 is 26.9. The second-order valence-electron chi connectivity index (χ2n) is 9.11. The number of nitrogens with one attached hydrogen (secondary N) is 1. The second kappa shape index (κ2) is 11.2. The molecule has 0 atom stereocenters. The number of hydrogen-bond acceptors (Lipinski definition) is 5. The maximum Gasteiger partial charge on any atom is 0.309 e. The van der Waals surface area contributed by atoms with Crippen LogP contribution in [-0.4, -0.2) is 28.8 Å². The Hall–Kier alpha value is -5.24. The highest BCUT2D eigenvalue weighted by Gasteiger charge is 2.26. The molecule has 8 heteroatoms. The monoisotopic (exact) mass is 535 g/mol. The van der Waals surface area contributed by atoms with Crippen molar-refractivity contribution in [3.8, 4) is 39.7 Å². The molecular formula is C32H26FN3O4. The summed E-state index contributed by atoms with van der Waals surface area (Å²) >= 11 is 0. The summed E-state index contributed by atoms with van der Waals surface area (Å²) in [7, 11) is 1.56. The van der Waals surface area contributed by atoms with Crippen LogP contribution < -0.4 is 14.8 Å². The normalized spacial score (nSPS) is 10.7. The molecule has 0 saturated carbocycles. The SMILES string of the molecule is COc1ccccc1-c1nn(-c2cccc(F)c2)c(OC(C)=O)c1-c1ccc(NC(=O)c2ccc(C)cc2)cc1. The summed E-state index contributed by atoms with van der Waals surface area (Å²) in [6.07, 6.45) is 0. The molecular weight excluding hydrogens is 509 g/mol. The van der Waals surface area contributed by atoms with Gasteiger partial charge >= 0.3 is 5.97 Å². The van der Waals surface area contributed by atoms with E-state index >= 15 is 0 Å². The number of amides is 1. The van der Waals surface area contributed by atoms with E-state index < -0.39 is 11.8 Å². The maximum absolute atomic E-state index is 14.2. The lowest BCUT2D eigenvalue weighted by Gasteiger charge is -2.11. The average Bonchev–Trinajstić information content (AvgIpc) is 3.32. The number of carbonyl (C=O) groups excluding carboxylic acids is 2. The van der Waals surface area contributed by atoms with Gasteiger partial charge in [-0.15, -0.1) is 0 Å². The van der Waals surface area contributed by atoms with Crippen molar-refractivity contribution < 1.29 is 23.5 Å². The third kappa shape index (κ3) is 5.47. The highest BCUT2D eigenvalue weighted by Crippen LogP contribution is 2.43. The molecule has 200 valence electrons. The minimum absolute atomic E-state index is 0.121. The van der Waals surface area contributed by atoms with Crippen molar-refractivity contribution in [1.82, 2.24) is 9.78 Å².